The van der Waals surface area contributed by atoms with Crippen LogP contribution in [0.15, 0.2) is 18.2 Å². The van der Waals surface area contributed by atoms with Gasteiger partial charge in [0.1, 0.15) is 0 Å². The van der Waals surface area contributed by atoms with Gasteiger partial charge in [0.15, 0.2) is 0 Å². The lowest BCUT2D eigenvalue weighted by Gasteiger charge is -2.18. The third-order valence-electron chi connectivity index (χ3n) is 3.92. The number of fused-ring (bicyclic) bond motifs is 1. The number of hydrogen-bond donors (Lipinski definition) is 1. The zero-order valence-corrected chi connectivity index (χ0v) is 9.54. The van der Waals surface area contributed by atoms with E-state index in [-0.39, 0.29) is 5.41 Å². The van der Waals surface area contributed by atoms with E-state index in [2.05, 4.69) is 18.2 Å². The van der Waals surface area contributed by atoms with Crippen molar-refractivity contribution in [2.75, 3.05) is 13.2 Å². The molecule has 1 fully saturated rings. The first-order valence-electron chi connectivity index (χ1n) is 6.11. The van der Waals surface area contributed by atoms with E-state index in [1.54, 1.807) is 0 Å². The summed E-state index contributed by atoms with van der Waals surface area (Å²) in [6.45, 7) is 1.95. The molecule has 1 aliphatic heterocycles. The maximum absolute atomic E-state index is 9.34. The third kappa shape index (κ3) is 1.87. The molecule has 0 atom stereocenters. The van der Waals surface area contributed by atoms with Crippen LogP contribution >= 0.6 is 0 Å². The second-order valence-corrected chi connectivity index (χ2v) is 5.24. The van der Waals surface area contributed by atoms with Crippen LogP contribution in [-0.2, 0) is 24.2 Å². The van der Waals surface area contributed by atoms with E-state index in [1.807, 2.05) is 0 Å². The normalized spacial score (nSPS) is 21.6. The predicted molar refractivity (Wildman–Crippen MR) is 62.3 cm³/mol. The van der Waals surface area contributed by atoms with Gasteiger partial charge in [0.2, 0.25) is 0 Å². The van der Waals surface area contributed by atoms with Gasteiger partial charge in [-0.25, -0.2) is 0 Å². The van der Waals surface area contributed by atoms with Gasteiger partial charge in [-0.05, 0) is 47.8 Å². The van der Waals surface area contributed by atoms with Gasteiger partial charge in [-0.3, -0.25) is 0 Å². The second kappa shape index (κ2) is 3.86. The van der Waals surface area contributed by atoms with Crippen molar-refractivity contribution in [3.8, 4) is 0 Å². The number of aliphatic hydroxyl groups excluding tert-OH is 1. The Morgan fingerprint density at radius 2 is 2.12 bits per heavy atom. The van der Waals surface area contributed by atoms with Gasteiger partial charge in [-0.1, -0.05) is 18.2 Å². The van der Waals surface area contributed by atoms with Gasteiger partial charge >= 0.3 is 0 Å². The summed E-state index contributed by atoms with van der Waals surface area (Å²) in [6, 6.07) is 6.70. The summed E-state index contributed by atoms with van der Waals surface area (Å²) in [6.07, 6.45) is 4.44. The topological polar surface area (TPSA) is 29.5 Å². The molecule has 0 aromatic heterocycles. The minimum Gasteiger partial charge on any atom is -0.396 e. The maximum Gasteiger partial charge on any atom is 0.0719 e. The molecule has 1 heterocycles. The molecule has 2 aliphatic rings. The van der Waals surface area contributed by atoms with Crippen LogP contribution in [0.2, 0.25) is 0 Å². The molecule has 86 valence electrons. The fourth-order valence-corrected chi connectivity index (χ4v) is 2.53. The average molecular weight is 218 g/mol. The SMILES string of the molecule is OCC1(Cc2ccc3c(c2)CCOC3)CC1. The van der Waals surface area contributed by atoms with Gasteiger partial charge in [0, 0.05) is 6.61 Å². The molecule has 2 nitrogen and oxygen atoms in total. The molecule has 0 spiro atoms. The molecule has 0 unspecified atom stereocenters. The minimum absolute atomic E-state index is 0.222. The zero-order chi connectivity index (χ0) is 11.0. The lowest BCUT2D eigenvalue weighted by molar-refractivity contribution is 0.110. The Kier molecular flexibility index (Phi) is 2.49. The lowest BCUT2D eigenvalue weighted by Crippen LogP contribution is -2.13. The number of ether oxygens (including phenoxy) is 1. The van der Waals surface area contributed by atoms with E-state index < -0.39 is 0 Å². The molecule has 0 saturated heterocycles. The predicted octanol–water partition coefficient (Wildman–Crippen LogP) is 2.07. The van der Waals surface area contributed by atoms with E-state index in [0.29, 0.717) is 6.61 Å². The standard InChI is InChI=1S/C14H18O2/c15-10-14(4-5-14)8-11-1-2-13-9-16-6-3-12(13)7-11/h1-2,7,15H,3-6,8-10H2. The molecule has 2 heteroatoms. The maximum atomic E-state index is 9.34. The first-order valence-corrected chi connectivity index (χ1v) is 6.11. The van der Waals surface area contributed by atoms with Gasteiger partial charge in [-0.2, -0.15) is 0 Å². The number of hydrogen-bond acceptors (Lipinski definition) is 2. The molecule has 3 rings (SSSR count). The average Bonchev–Trinajstić information content (AvgIpc) is 3.09. The summed E-state index contributed by atoms with van der Waals surface area (Å²) in [5, 5.41) is 9.34. The quantitative estimate of drug-likeness (QED) is 0.841. The highest BCUT2D eigenvalue weighted by Gasteiger charge is 2.41. The number of aliphatic hydroxyl groups is 1. The Hall–Kier alpha value is -0.860. The van der Waals surface area contributed by atoms with Crippen molar-refractivity contribution >= 4 is 0 Å². The highest BCUT2D eigenvalue weighted by Crippen LogP contribution is 2.47. The van der Waals surface area contributed by atoms with Crippen molar-refractivity contribution in [2.45, 2.75) is 32.3 Å². The summed E-state index contributed by atoms with van der Waals surface area (Å²) in [7, 11) is 0. The van der Waals surface area contributed by atoms with E-state index in [0.717, 1.165) is 26.1 Å². The molecule has 1 N–H and O–H groups in total. The molecule has 0 bridgehead atoms. The van der Waals surface area contributed by atoms with Crippen molar-refractivity contribution in [1.82, 2.24) is 0 Å². The van der Waals surface area contributed by atoms with Crippen molar-refractivity contribution in [3.63, 3.8) is 0 Å². The highest BCUT2D eigenvalue weighted by molar-refractivity contribution is 5.34. The van der Waals surface area contributed by atoms with Crippen LogP contribution in [-0.4, -0.2) is 18.3 Å². The molecular formula is C14H18O2. The second-order valence-electron chi connectivity index (χ2n) is 5.24. The monoisotopic (exact) mass is 218 g/mol. The van der Waals surface area contributed by atoms with Crippen molar-refractivity contribution in [1.29, 1.82) is 0 Å². The first kappa shape index (κ1) is 10.3. The Morgan fingerprint density at radius 1 is 1.25 bits per heavy atom. The van der Waals surface area contributed by atoms with Crippen LogP contribution in [0.25, 0.3) is 0 Å². The lowest BCUT2D eigenvalue weighted by atomic mass is 9.93. The summed E-state index contributed by atoms with van der Waals surface area (Å²) >= 11 is 0. The molecular weight excluding hydrogens is 200 g/mol. The minimum atomic E-state index is 0.222. The molecule has 1 aliphatic carbocycles. The Morgan fingerprint density at radius 3 is 2.88 bits per heavy atom. The molecule has 1 saturated carbocycles. The smallest absolute Gasteiger partial charge is 0.0719 e. The largest absolute Gasteiger partial charge is 0.396 e. The third-order valence-corrected chi connectivity index (χ3v) is 3.92. The Bertz CT molecular complexity index is 394. The van der Waals surface area contributed by atoms with Crippen molar-refractivity contribution in [2.24, 2.45) is 5.41 Å². The van der Waals surface area contributed by atoms with Crippen LogP contribution in [0.3, 0.4) is 0 Å². The van der Waals surface area contributed by atoms with E-state index in [1.165, 1.54) is 29.5 Å². The van der Waals surface area contributed by atoms with Crippen LogP contribution in [0.4, 0.5) is 0 Å². The fourth-order valence-electron chi connectivity index (χ4n) is 2.53. The fraction of sp³-hybridized carbons (Fsp3) is 0.571. The highest BCUT2D eigenvalue weighted by atomic mass is 16.5. The summed E-state index contributed by atoms with van der Waals surface area (Å²) in [4.78, 5) is 0. The van der Waals surface area contributed by atoms with E-state index >= 15 is 0 Å². The van der Waals surface area contributed by atoms with Crippen LogP contribution < -0.4 is 0 Å². The molecule has 16 heavy (non-hydrogen) atoms. The van der Waals surface area contributed by atoms with Crippen LogP contribution in [0.5, 0.6) is 0 Å². The summed E-state index contributed by atoms with van der Waals surface area (Å²) < 4.78 is 5.43. The Balaban J connectivity index is 1.80. The van der Waals surface area contributed by atoms with Gasteiger partial charge in [0.05, 0.1) is 13.2 Å². The van der Waals surface area contributed by atoms with Crippen LogP contribution in [0.1, 0.15) is 29.5 Å². The van der Waals surface area contributed by atoms with Crippen molar-refractivity contribution < 1.29 is 9.84 Å². The molecule has 1 aromatic rings. The molecule has 0 radical (unpaired) electrons. The molecule has 0 amide bonds. The molecule has 1 aromatic carbocycles. The van der Waals surface area contributed by atoms with E-state index in [4.69, 9.17) is 4.74 Å². The van der Waals surface area contributed by atoms with Gasteiger partial charge < -0.3 is 9.84 Å². The van der Waals surface area contributed by atoms with Gasteiger partial charge in [-0.15, -0.1) is 0 Å². The number of rotatable bonds is 3. The van der Waals surface area contributed by atoms with Crippen LogP contribution in [0, 0.1) is 5.41 Å². The van der Waals surface area contributed by atoms with Crippen molar-refractivity contribution in [3.05, 3.63) is 34.9 Å². The number of benzene rings is 1. The van der Waals surface area contributed by atoms with Gasteiger partial charge in [0.25, 0.3) is 0 Å². The Labute approximate surface area is 96.2 Å². The summed E-state index contributed by atoms with van der Waals surface area (Å²) in [5.74, 6) is 0. The first-order chi connectivity index (χ1) is 7.81. The summed E-state index contributed by atoms with van der Waals surface area (Å²) in [5.41, 5.74) is 4.38. The van der Waals surface area contributed by atoms with E-state index in [9.17, 15) is 5.11 Å². The zero-order valence-electron chi connectivity index (χ0n) is 9.54.